The SMILES string of the molecule is COc1ccc(C(=O)NCC(=O)Nc2cccc(Br)c2)cc1. The summed E-state index contributed by atoms with van der Waals surface area (Å²) in [4.78, 5) is 23.7. The number of halogens is 1. The molecule has 2 amide bonds. The van der Waals surface area contributed by atoms with Crippen molar-refractivity contribution in [3.8, 4) is 5.75 Å². The van der Waals surface area contributed by atoms with Crippen molar-refractivity contribution in [3.63, 3.8) is 0 Å². The summed E-state index contributed by atoms with van der Waals surface area (Å²) in [6, 6.07) is 13.9. The van der Waals surface area contributed by atoms with E-state index in [0.717, 1.165) is 4.47 Å². The Balaban J connectivity index is 1.86. The van der Waals surface area contributed by atoms with E-state index >= 15 is 0 Å². The number of carbonyl (C=O) groups excluding carboxylic acids is 2. The summed E-state index contributed by atoms with van der Waals surface area (Å²) in [6.45, 7) is -0.0998. The first-order valence-electron chi connectivity index (χ1n) is 6.56. The minimum absolute atomic E-state index is 0.0998. The Morgan fingerprint density at radius 2 is 1.86 bits per heavy atom. The van der Waals surface area contributed by atoms with Gasteiger partial charge in [-0.3, -0.25) is 9.59 Å². The molecule has 6 heteroatoms. The van der Waals surface area contributed by atoms with Crippen LogP contribution in [0.3, 0.4) is 0 Å². The molecule has 0 saturated heterocycles. The van der Waals surface area contributed by atoms with E-state index in [2.05, 4.69) is 26.6 Å². The summed E-state index contributed by atoms with van der Waals surface area (Å²) in [6.07, 6.45) is 0. The first-order valence-corrected chi connectivity index (χ1v) is 7.35. The van der Waals surface area contributed by atoms with E-state index in [-0.39, 0.29) is 18.4 Å². The van der Waals surface area contributed by atoms with Crippen LogP contribution in [0.4, 0.5) is 5.69 Å². The Labute approximate surface area is 136 Å². The Morgan fingerprint density at radius 1 is 1.14 bits per heavy atom. The second kappa shape index (κ2) is 7.61. The lowest BCUT2D eigenvalue weighted by atomic mass is 10.2. The minimum Gasteiger partial charge on any atom is -0.497 e. The van der Waals surface area contributed by atoms with Crippen LogP contribution in [0, 0.1) is 0 Å². The van der Waals surface area contributed by atoms with Crippen LogP contribution in [0.1, 0.15) is 10.4 Å². The van der Waals surface area contributed by atoms with Gasteiger partial charge in [0.25, 0.3) is 5.91 Å². The molecule has 5 nitrogen and oxygen atoms in total. The summed E-state index contributed by atoms with van der Waals surface area (Å²) in [5, 5.41) is 5.27. The quantitative estimate of drug-likeness (QED) is 0.859. The predicted octanol–water partition coefficient (Wildman–Crippen LogP) is 2.83. The van der Waals surface area contributed by atoms with Crippen molar-refractivity contribution < 1.29 is 14.3 Å². The maximum Gasteiger partial charge on any atom is 0.251 e. The number of benzene rings is 2. The lowest BCUT2D eigenvalue weighted by Crippen LogP contribution is -2.32. The van der Waals surface area contributed by atoms with Gasteiger partial charge in [0.05, 0.1) is 13.7 Å². The number of anilines is 1. The molecule has 0 saturated carbocycles. The molecule has 0 unspecified atom stereocenters. The number of rotatable bonds is 5. The van der Waals surface area contributed by atoms with Gasteiger partial charge in [0, 0.05) is 15.7 Å². The topological polar surface area (TPSA) is 67.4 Å². The van der Waals surface area contributed by atoms with Crippen LogP contribution in [0.25, 0.3) is 0 Å². The van der Waals surface area contributed by atoms with Gasteiger partial charge in [-0.25, -0.2) is 0 Å². The van der Waals surface area contributed by atoms with Crippen LogP contribution in [-0.4, -0.2) is 25.5 Å². The van der Waals surface area contributed by atoms with E-state index in [1.54, 1.807) is 43.5 Å². The van der Waals surface area contributed by atoms with Gasteiger partial charge in [0.1, 0.15) is 5.75 Å². The van der Waals surface area contributed by atoms with E-state index in [4.69, 9.17) is 4.74 Å². The Hall–Kier alpha value is -2.34. The van der Waals surface area contributed by atoms with Crippen molar-refractivity contribution in [1.82, 2.24) is 5.32 Å². The minimum atomic E-state index is -0.313. The molecule has 0 bridgehead atoms. The van der Waals surface area contributed by atoms with Gasteiger partial charge in [0.2, 0.25) is 5.91 Å². The van der Waals surface area contributed by atoms with Gasteiger partial charge in [-0.05, 0) is 42.5 Å². The first kappa shape index (κ1) is 16.0. The zero-order chi connectivity index (χ0) is 15.9. The highest BCUT2D eigenvalue weighted by atomic mass is 79.9. The van der Waals surface area contributed by atoms with Gasteiger partial charge >= 0.3 is 0 Å². The molecule has 22 heavy (non-hydrogen) atoms. The molecular formula is C16H15BrN2O3. The lowest BCUT2D eigenvalue weighted by molar-refractivity contribution is -0.115. The van der Waals surface area contributed by atoms with E-state index in [1.807, 2.05) is 12.1 Å². The third-order valence-corrected chi connectivity index (χ3v) is 3.36. The molecule has 0 aliphatic heterocycles. The largest absolute Gasteiger partial charge is 0.497 e. The summed E-state index contributed by atoms with van der Waals surface area (Å²) in [5.41, 5.74) is 1.13. The molecule has 0 spiro atoms. The number of hydrogen-bond acceptors (Lipinski definition) is 3. The highest BCUT2D eigenvalue weighted by Gasteiger charge is 2.08. The fourth-order valence-corrected chi connectivity index (χ4v) is 2.18. The maximum atomic E-state index is 11.9. The number of hydrogen-bond donors (Lipinski definition) is 2. The number of nitrogens with one attached hydrogen (secondary N) is 2. The molecule has 2 aromatic rings. The normalized spacial score (nSPS) is 9.91. The molecule has 114 valence electrons. The third-order valence-electron chi connectivity index (χ3n) is 2.87. The zero-order valence-electron chi connectivity index (χ0n) is 11.9. The first-order chi connectivity index (χ1) is 10.6. The molecule has 0 aliphatic rings. The molecule has 2 rings (SSSR count). The third kappa shape index (κ3) is 4.60. The molecule has 0 heterocycles. The van der Waals surface area contributed by atoms with Crippen LogP contribution >= 0.6 is 15.9 Å². The average molecular weight is 363 g/mol. The van der Waals surface area contributed by atoms with Crippen molar-refractivity contribution in [3.05, 3.63) is 58.6 Å². The molecule has 0 aromatic heterocycles. The van der Waals surface area contributed by atoms with Crippen molar-refractivity contribution in [1.29, 1.82) is 0 Å². The summed E-state index contributed by atoms with van der Waals surface area (Å²) >= 11 is 3.33. The number of amides is 2. The van der Waals surface area contributed by atoms with Gasteiger partial charge in [-0.15, -0.1) is 0 Å². The molecule has 0 atom stereocenters. The highest BCUT2D eigenvalue weighted by Crippen LogP contribution is 2.15. The van der Waals surface area contributed by atoms with Crippen LogP contribution in [0.15, 0.2) is 53.0 Å². The van der Waals surface area contributed by atoms with Gasteiger partial charge in [-0.2, -0.15) is 0 Å². The van der Waals surface area contributed by atoms with E-state index < -0.39 is 0 Å². The van der Waals surface area contributed by atoms with Crippen LogP contribution in [-0.2, 0) is 4.79 Å². The Morgan fingerprint density at radius 3 is 2.50 bits per heavy atom. The van der Waals surface area contributed by atoms with Crippen molar-refractivity contribution >= 4 is 33.4 Å². The Bertz CT molecular complexity index is 671. The number of methoxy groups -OCH3 is 1. The maximum absolute atomic E-state index is 11.9. The monoisotopic (exact) mass is 362 g/mol. The standard InChI is InChI=1S/C16H15BrN2O3/c1-22-14-7-5-11(6-8-14)16(21)18-10-15(20)19-13-4-2-3-12(17)9-13/h2-9H,10H2,1H3,(H,18,21)(H,19,20). The molecule has 2 aromatic carbocycles. The van der Waals surface area contributed by atoms with Crippen molar-refractivity contribution in [2.45, 2.75) is 0 Å². The molecule has 0 fully saturated rings. The molecule has 2 N–H and O–H groups in total. The zero-order valence-corrected chi connectivity index (χ0v) is 13.5. The summed E-state index contributed by atoms with van der Waals surface area (Å²) in [5.74, 6) is 0.0657. The van der Waals surface area contributed by atoms with Crippen LogP contribution in [0.5, 0.6) is 5.75 Å². The molecule has 0 radical (unpaired) electrons. The van der Waals surface area contributed by atoms with Gasteiger partial charge < -0.3 is 15.4 Å². The Kier molecular flexibility index (Phi) is 5.55. The van der Waals surface area contributed by atoms with Gasteiger partial charge in [0.15, 0.2) is 0 Å². The second-order valence-electron chi connectivity index (χ2n) is 4.47. The van der Waals surface area contributed by atoms with Gasteiger partial charge in [-0.1, -0.05) is 22.0 Å². The predicted molar refractivity (Wildman–Crippen MR) is 88.1 cm³/mol. The van der Waals surface area contributed by atoms with Crippen LogP contribution < -0.4 is 15.4 Å². The van der Waals surface area contributed by atoms with Crippen LogP contribution in [0.2, 0.25) is 0 Å². The summed E-state index contributed by atoms with van der Waals surface area (Å²) in [7, 11) is 1.56. The fourth-order valence-electron chi connectivity index (χ4n) is 1.78. The molecular weight excluding hydrogens is 348 g/mol. The lowest BCUT2D eigenvalue weighted by Gasteiger charge is -2.08. The number of ether oxygens (including phenoxy) is 1. The number of carbonyl (C=O) groups is 2. The van der Waals surface area contributed by atoms with E-state index in [0.29, 0.717) is 17.0 Å². The van der Waals surface area contributed by atoms with E-state index in [1.165, 1.54) is 0 Å². The fraction of sp³-hybridized carbons (Fsp3) is 0.125. The van der Waals surface area contributed by atoms with Crippen molar-refractivity contribution in [2.24, 2.45) is 0 Å². The molecule has 0 aliphatic carbocycles. The smallest absolute Gasteiger partial charge is 0.251 e. The highest BCUT2D eigenvalue weighted by molar-refractivity contribution is 9.10. The van der Waals surface area contributed by atoms with E-state index in [9.17, 15) is 9.59 Å². The second-order valence-corrected chi connectivity index (χ2v) is 5.39. The average Bonchev–Trinajstić information content (AvgIpc) is 2.52. The summed E-state index contributed by atoms with van der Waals surface area (Å²) < 4.78 is 5.89. The van der Waals surface area contributed by atoms with Crippen molar-refractivity contribution in [2.75, 3.05) is 19.0 Å².